The first-order chi connectivity index (χ1) is 14.6. The number of nitro groups is 1. The second kappa shape index (κ2) is 9.54. The Morgan fingerprint density at radius 1 is 1.26 bits per heavy atom. The molecule has 2 heterocycles. The van der Waals surface area contributed by atoms with E-state index in [1.165, 1.54) is 4.57 Å². The Bertz CT molecular complexity index is 1100. The van der Waals surface area contributed by atoms with Gasteiger partial charge in [0.25, 0.3) is 0 Å². The van der Waals surface area contributed by atoms with Crippen molar-refractivity contribution in [3.8, 4) is 0 Å². The Kier molecular flexibility index (Phi) is 7.04. The van der Waals surface area contributed by atoms with Gasteiger partial charge in [-0.15, -0.1) is 0 Å². The summed E-state index contributed by atoms with van der Waals surface area (Å²) in [5.74, 6) is 0.587. The van der Waals surface area contributed by atoms with Gasteiger partial charge in [0.15, 0.2) is 12.0 Å². The third-order valence-electron chi connectivity index (χ3n) is 4.28. The maximum Gasteiger partial charge on any atom is 0.409 e. The number of rotatable bonds is 7. The van der Waals surface area contributed by atoms with Gasteiger partial charge in [0.1, 0.15) is 25.2 Å². The van der Waals surface area contributed by atoms with E-state index < -0.39 is 21.0 Å². The second-order valence-corrected chi connectivity index (χ2v) is 8.76. The molecule has 0 bridgehead atoms. The number of carbonyl (C=O) groups is 1. The number of imidazole rings is 1. The third-order valence-corrected chi connectivity index (χ3v) is 4.94. The Balaban J connectivity index is 1.62. The van der Waals surface area contributed by atoms with Crippen molar-refractivity contribution in [1.29, 1.82) is 0 Å². The second-order valence-electron chi connectivity index (χ2n) is 6.39. The van der Waals surface area contributed by atoms with Gasteiger partial charge in [-0.1, -0.05) is 59.1 Å². The lowest BCUT2D eigenvalue weighted by molar-refractivity contribution is -0.392. The molecule has 10 nitrogen and oxygen atoms in total. The molecule has 164 valence electrons. The highest BCUT2D eigenvalue weighted by atomic mass is 35.6. The van der Waals surface area contributed by atoms with Crippen molar-refractivity contribution in [1.82, 2.24) is 19.9 Å². The summed E-state index contributed by atoms with van der Waals surface area (Å²) in [4.78, 5) is 30.8. The van der Waals surface area contributed by atoms with Crippen molar-refractivity contribution in [2.45, 2.75) is 23.4 Å². The zero-order valence-electron chi connectivity index (χ0n) is 16.1. The number of carbonyl (C=O) groups excluding carboxylic acids is 1. The number of ether oxygens (including phenoxy) is 1. The maximum atomic E-state index is 12.2. The van der Waals surface area contributed by atoms with E-state index in [2.05, 4.69) is 20.6 Å². The lowest BCUT2D eigenvalue weighted by Gasteiger charge is -2.26. The van der Waals surface area contributed by atoms with Gasteiger partial charge in [-0.25, -0.2) is 19.3 Å². The highest BCUT2D eigenvalue weighted by molar-refractivity contribution is 6.68. The minimum absolute atomic E-state index is 0.0354. The van der Waals surface area contributed by atoms with Gasteiger partial charge in [0, 0.05) is 18.5 Å². The van der Waals surface area contributed by atoms with Crippen LogP contribution in [0.25, 0.3) is 10.8 Å². The highest BCUT2D eigenvalue weighted by Crippen LogP contribution is 2.31. The molecule has 0 fully saturated rings. The number of benzene rings is 1. The number of aromatic nitrogens is 3. The van der Waals surface area contributed by atoms with Crippen molar-refractivity contribution < 1.29 is 14.5 Å². The Morgan fingerprint density at radius 3 is 2.65 bits per heavy atom. The summed E-state index contributed by atoms with van der Waals surface area (Å²) in [6, 6.07) is 9.30. The van der Waals surface area contributed by atoms with Gasteiger partial charge in [-0.05, 0) is 16.4 Å². The smallest absolute Gasteiger partial charge is 0.409 e. The molecular formula is C18H17Cl3N6O4. The molecule has 0 aliphatic heterocycles. The van der Waals surface area contributed by atoms with Crippen LogP contribution in [0.2, 0.25) is 0 Å². The van der Waals surface area contributed by atoms with Crippen molar-refractivity contribution in [2.24, 2.45) is 0 Å². The summed E-state index contributed by atoms with van der Waals surface area (Å²) in [5.41, 5.74) is 0. The summed E-state index contributed by atoms with van der Waals surface area (Å²) in [7, 11) is 0. The lowest BCUT2D eigenvalue weighted by atomic mass is 10.2. The molecule has 3 aromatic rings. The van der Waals surface area contributed by atoms with Crippen LogP contribution < -0.4 is 10.6 Å². The number of anilines is 1. The molecule has 0 saturated carbocycles. The monoisotopic (exact) mass is 486 g/mol. The molecule has 2 aromatic heterocycles. The van der Waals surface area contributed by atoms with Crippen LogP contribution in [0.5, 0.6) is 0 Å². The summed E-state index contributed by atoms with van der Waals surface area (Å²) < 4.78 is 4.47. The predicted octanol–water partition coefficient (Wildman–Crippen LogP) is 4.18. The van der Waals surface area contributed by atoms with Gasteiger partial charge in [-0.3, -0.25) is 5.32 Å². The number of amides is 1. The zero-order valence-corrected chi connectivity index (χ0v) is 18.4. The van der Waals surface area contributed by atoms with E-state index in [0.29, 0.717) is 11.6 Å². The number of hydrogen-bond acceptors (Lipinski definition) is 7. The average Bonchev–Trinajstić information content (AvgIpc) is 3.07. The molecule has 3 rings (SSSR count). The van der Waals surface area contributed by atoms with Crippen LogP contribution in [-0.4, -0.2) is 42.1 Å². The molecule has 31 heavy (non-hydrogen) atoms. The number of nitrogens with one attached hydrogen (secondary N) is 2. The van der Waals surface area contributed by atoms with Gasteiger partial charge in [0.05, 0.1) is 0 Å². The molecule has 0 aliphatic carbocycles. The molecule has 0 spiro atoms. The molecule has 13 heteroatoms. The van der Waals surface area contributed by atoms with Crippen LogP contribution in [0.4, 0.5) is 16.4 Å². The van der Waals surface area contributed by atoms with Crippen molar-refractivity contribution in [3.63, 3.8) is 0 Å². The van der Waals surface area contributed by atoms with E-state index in [-0.39, 0.29) is 19.0 Å². The first-order valence-corrected chi connectivity index (χ1v) is 10.1. The molecule has 0 aliphatic rings. The number of aryl methyl sites for hydroxylation is 1. The zero-order chi connectivity index (χ0) is 22.6. The predicted molar refractivity (Wildman–Crippen MR) is 118 cm³/mol. The summed E-state index contributed by atoms with van der Waals surface area (Å²) in [6.45, 7) is 1.48. The van der Waals surface area contributed by atoms with E-state index in [4.69, 9.17) is 39.5 Å². The SMILES string of the molecule is Cc1ncc([N+](=O)[O-])n1CCOC(=O)NC(Nc1cc2ccccc2cn1)C(Cl)(Cl)Cl. The fraction of sp³-hybridized carbons (Fsp3) is 0.278. The Hall–Kier alpha value is -2.82. The van der Waals surface area contributed by atoms with Crippen LogP contribution in [0.15, 0.2) is 42.7 Å². The molecule has 1 aromatic carbocycles. The number of hydrogen-bond donors (Lipinski definition) is 2. The summed E-state index contributed by atoms with van der Waals surface area (Å²) >= 11 is 18.0. The number of fused-ring (bicyclic) bond motifs is 1. The molecule has 1 atom stereocenters. The van der Waals surface area contributed by atoms with Crippen LogP contribution >= 0.6 is 34.8 Å². The Labute approximate surface area is 191 Å². The number of pyridine rings is 1. The number of alkyl halides is 3. The summed E-state index contributed by atoms with van der Waals surface area (Å²) in [6.07, 6.45) is 0.730. The first-order valence-electron chi connectivity index (χ1n) is 8.93. The summed E-state index contributed by atoms with van der Waals surface area (Å²) in [5, 5.41) is 18.1. The minimum Gasteiger partial charge on any atom is -0.445 e. The topological polar surface area (TPSA) is 124 Å². The fourth-order valence-electron chi connectivity index (χ4n) is 2.78. The molecule has 1 unspecified atom stereocenters. The van der Waals surface area contributed by atoms with Crippen molar-refractivity contribution in [2.75, 3.05) is 11.9 Å². The number of alkyl carbamates (subject to hydrolysis) is 1. The van der Waals surface area contributed by atoms with Gasteiger partial charge in [-0.2, -0.15) is 0 Å². The van der Waals surface area contributed by atoms with E-state index >= 15 is 0 Å². The van der Waals surface area contributed by atoms with E-state index in [1.807, 2.05) is 24.3 Å². The quantitative estimate of drug-likeness (QED) is 0.222. The first kappa shape index (κ1) is 22.9. The third kappa shape index (κ3) is 5.87. The molecular weight excluding hydrogens is 471 g/mol. The molecule has 0 radical (unpaired) electrons. The van der Waals surface area contributed by atoms with Crippen molar-refractivity contribution in [3.05, 3.63) is 58.7 Å². The lowest BCUT2D eigenvalue weighted by Crippen LogP contribution is -2.49. The number of halogens is 3. The molecule has 1 amide bonds. The standard InChI is InChI=1S/C18H17Cl3N6O4/c1-11-22-10-15(27(29)30)26(11)6-7-31-17(28)25-16(18(19,20)21)24-14-8-12-4-2-3-5-13(12)9-23-14/h2-5,8-10,16H,6-7H2,1H3,(H,23,24)(H,25,28). The van der Waals surface area contributed by atoms with Gasteiger partial charge in [0.2, 0.25) is 3.79 Å². The van der Waals surface area contributed by atoms with E-state index in [0.717, 1.165) is 17.0 Å². The average molecular weight is 488 g/mol. The largest absolute Gasteiger partial charge is 0.445 e. The van der Waals surface area contributed by atoms with Crippen LogP contribution in [0.1, 0.15) is 5.82 Å². The van der Waals surface area contributed by atoms with Crippen LogP contribution in [0.3, 0.4) is 0 Å². The van der Waals surface area contributed by atoms with E-state index in [9.17, 15) is 14.9 Å². The molecule has 2 N–H and O–H groups in total. The van der Waals surface area contributed by atoms with Crippen molar-refractivity contribution >= 4 is 63.3 Å². The van der Waals surface area contributed by atoms with Gasteiger partial charge < -0.3 is 20.2 Å². The molecule has 0 saturated heterocycles. The number of nitrogens with zero attached hydrogens (tertiary/aromatic N) is 4. The van der Waals surface area contributed by atoms with Gasteiger partial charge >= 0.3 is 11.9 Å². The fourth-order valence-corrected chi connectivity index (χ4v) is 3.10. The minimum atomic E-state index is -1.92. The highest BCUT2D eigenvalue weighted by Gasteiger charge is 2.35. The van der Waals surface area contributed by atoms with Crippen LogP contribution in [-0.2, 0) is 11.3 Å². The maximum absolute atomic E-state index is 12.2. The normalized spacial score (nSPS) is 12.4. The van der Waals surface area contributed by atoms with E-state index in [1.54, 1.807) is 19.2 Å². The Morgan fingerprint density at radius 2 is 1.97 bits per heavy atom. The van der Waals surface area contributed by atoms with Crippen LogP contribution in [0, 0.1) is 17.0 Å².